The van der Waals surface area contributed by atoms with Crippen molar-refractivity contribution >= 4 is 28.6 Å². The number of fused-ring (bicyclic) bond motifs is 1. The van der Waals surface area contributed by atoms with E-state index in [0.29, 0.717) is 10.9 Å². The molecule has 1 heterocycles. The first kappa shape index (κ1) is 17.4. The number of nitrogens with one attached hydrogen (secondary N) is 1. The van der Waals surface area contributed by atoms with E-state index in [4.69, 9.17) is 0 Å². The first-order valence-corrected chi connectivity index (χ1v) is 7.52. The number of nitrogens with zero attached hydrogens (tertiary/aromatic N) is 2. The summed E-state index contributed by atoms with van der Waals surface area (Å²) in [7, 11) is 0. The van der Waals surface area contributed by atoms with Crippen molar-refractivity contribution in [1.82, 2.24) is 15.2 Å². The number of aliphatic carboxylic acids is 1. The van der Waals surface area contributed by atoms with Crippen LogP contribution < -0.4 is 5.32 Å². The summed E-state index contributed by atoms with van der Waals surface area (Å²) in [4.78, 5) is 40.5. The first-order chi connectivity index (χ1) is 11.4. The van der Waals surface area contributed by atoms with Crippen LogP contribution in [0.4, 0.5) is 0 Å². The fraction of sp³-hybridized carbons (Fsp3) is 0.294. The summed E-state index contributed by atoms with van der Waals surface area (Å²) in [6, 6.07) is 5.93. The standard InChI is InChI=1S/C17H19N3O4/c1-11(17(23)24)20(9-8-19-12(2)21)16(22)15-5-3-4-13-10-18-7-6-14(13)15/h3-7,10-11H,8-9H2,1-2H3,(H,19,21)(H,23,24). The molecule has 0 aliphatic carbocycles. The zero-order chi connectivity index (χ0) is 17.7. The normalized spacial score (nSPS) is 11.8. The van der Waals surface area contributed by atoms with E-state index in [0.717, 1.165) is 5.39 Å². The van der Waals surface area contributed by atoms with Crippen molar-refractivity contribution in [2.24, 2.45) is 0 Å². The molecule has 7 nitrogen and oxygen atoms in total. The smallest absolute Gasteiger partial charge is 0.326 e. The Morgan fingerprint density at radius 1 is 1.29 bits per heavy atom. The number of hydrogen-bond donors (Lipinski definition) is 2. The quantitative estimate of drug-likeness (QED) is 0.832. The second kappa shape index (κ2) is 7.54. The van der Waals surface area contributed by atoms with E-state index in [-0.39, 0.29) is 19.0 Å². The third kappa shape index (κ3) is 3.87. The highest BCUT2D eigenvalue weighted by molar-refractivity contribution is 6.07. The van der Waals surface area contributed by atoms with Gasteiger partial charge in [-0.15, -0.1) is 0 Å². The summed E-state index contributed by atoms with van der Waals surface area (Å²) in [5.41, 5.74) is 0.408. The maximum absolute atomic E-state index is 12.9. The Labute approximate surface area is 139 Å². The first-order valence-electron chi connectivity index (χ1n) is 7.52. The maximum Gasteiger partial charge on any atom is 0.326 e. The average molecular weight is 329 g/mol. The minimum atomic E-state index is -1.10. The second-order valence-electron chi connectivity index (χ2n) is 5.40. The van der Waals surface area contributed by atoms with Gasteiger partial charge in [0.25, 0.3) is 5.91 Å². The van der Waals surface area contributed by atoms with Crippen molar-refractivity contribution in [3.05, 3.63) is 42.2 Å². The molecule has 2 N–H and O–H groups in total. The third-order valence-corrected chi connectivity index (χ3v) is 3.72. The Morgan fingerprint density at radius 2 is 2.04 bits per heavy atom. The van der Waals surface area contributed by atoms with Crippen molar-refractivity contribution in [1.29, 1.82) is 0 Å². The molecule has 0 aliphatic rings. The van der Waals surface area contributed by atoms with Gasteiger partial charge in [0, 0.05) is 43.4 Å². The van der Waals surface area contributed by atoms with Gasteiger partial charge in [-0.25, -0.2) is 4.79 Å². The summed E-state index contributed by atoms with van der Waals surface area (Å²) in [6.45, 7) is 3.10. The number of carboxylic acid groups (broad SMARTS) is 1. The molecule has 0 radical (unpaired) electrons. The molecule has 24 heavy (non-hydrogen) atoms. The maximum atomic E-state index is 12.9. The molecule has 2 rings (SSSR count). The molecular weight excluding hydrogens is 310 g/mol. The molecule has 126 valence electrons. The third-order valence-electron chi connectivity index (χ3n) is 3.72. The molecule has 1 aromatic carbocycles. The Bertz CT molecular complexity index is 770. The molecule has 1 unspecified atom stereocenters. The lowest BCUT2D eigenvalue weighted by Crippen LogP contribution is -2.46. The number of aromatic nitrogens is 1. The molecule has 1 aromatic heterocycles. The van der Waals surface area contributed by atoms with Crippen LogP contribution in [0.3, 0.4) is 0 Å². The zero-order valence-corrected chi connectivity index (χ0v) is 13.5. The van der Waals surface area contributed by atoms with Gasteiger partial charge in [-0.1, -0.05) is 12.1 Å². The predicted octanol–water partition coefficient (Wildman–Crippen LogP) is 1.29. The molecule has 0 aliphatic heterocycles. The lowest BCUT2D eigenvalue weighted by Gasteiger charge is -2.27. The highest BCUT2D eigenvalue weighted by atomic mass is 16.4. The number of hydrogen-bond acceptors (Lipinski definition) is 4. The van der Waals surface area contributed by atoms with Crippen LogP contribution in [0, 0.1) is 0 Å². The summed E-state index contributed by atoms with van der Waals surface area (Å²) >= 11 is 0. The Hall–Kier alpha value is -2.96. The van der Waals surface area contributed by atoms with Gasteiger partial charge in [0.2, 0.25) is 5.91 Å². The molecule has 0 saturated carbocycles. The van der Waals surface area contributed by atoms with Crippen LogP contribution in [0.25, 0.3) is 10.8 Å². The molecule has 0 spiro atoms. The molecule has 0 bridgehead atoms. The highest BCUT2D eigenvalue weighted by Crippen LogP contribution is 2.20. The Kier molecular flexibility index (Phi) is 5.47. The van der Waals surface area contributed by atoms with E-state index >= 15 is 0 Å². The monoisotopic (exact) mass is 329 g/mol. The van der Waals surface area contributed by atoms with Crippen LogP contribution in [0.15, 0.2) is 36.7 Å². The predicted molar refractivity (Wildman–Crippen MR) is 88.6 cm³/mol. The molecule has 1 atom stereocenters. The highest BCUT2D eigenvalue weighted by Gasteiger charge is 2.27. The van der Waals surface area contributed by atoms with Gasteiger partial charge >= 0.3 is 5.97 Å². The fourth-order valence-electron chi connectivity index (χ4n) is 2.42. The van der Waals surface area contributed by atoms with E-state index in [9.17, 15) is 19.5 Å². The number of amides is 2. The number of pyridine rings is 1. The largest absolute Gasteiger partial charge is 0.480 e. The zero-order valence-electron chi connectivity index (χ0n) is 13.5. The molecule has 0 fully saturated rings. The number of rotatable bonds is 6. The van der Waals surface area contributed by atoms with E-state index in [1.165, 1.54) is 18.7 Å². The SMILES string of the molecule is CC(=O)NCCN(C(=O)c1cccc2cnccc12)C(C)C(=O)O. The van der Waals surface area contributed by atoms with Crippen LogP contribution in [-0.4, -0.2) is 51.9 Å². The minimum absolute atomic E-state index is 0.105. The van der Waals surface area contributed by atoms with Crippen molar-refractivity contribution in [2.45, 2.75) is 19.9 Å². The second-order valence-corrected chi connectivity index (χ2v) is 5.40. The van der Waals surface area contributed by atoms with Crippen molar-refractivity contribution in [3.8, 4) is 0 Å². The Balaban J connectivity index is 2.35. The van der Waals surface area contributed by atoms with Gasteiger partial charge in [0.05, 0.1) is 0 Å². The van der Waals surface area contributed by atoms with Gasteiger partial charge in [-0.3, -0.25) is 14.6 Å². The lowest BCUT2D eigenvalue weighted by atomic mass is 10.0. The van der Waals surface area contributed by atoms with Crippen LogP contribution in [0.2, 0.25) is 0 Å². The summed E-state index contributed by atoms with van der Waals surface area (Å²) in [5.74, 6) is -1.73. The minimum Gasteiger partial charge on any atom is -0.480 e. The molecule has 0 saturated heterocycles. The number of benzene rings is 1. The molecule has 2 amide bonds. The lowest BCUT2D eigenvalue weighted by molar-refractivity contribution is -0.141. The van der Waals surface area contributed by atoms with E-state index in [1.54, 1.807) is 30.6 Å². The molecular formula is C17H19N3O4. The van der Waals surface area contributed by atoms with Gasteiger partial charge in [-0.2, -0.15) is 0 Å². The van der Waals surface area contributed by atoms with E-state index < -0.39 is 17.9 Å². The van der Waals surface area contributed by atoms with Gasteiger partial charge in [-0.05, 0) is 24.4 Å². The average Bonchev–Trinajstić information content (AvgIpc) is 2.56. The number of carbonyl (C=O) groups is 3. The van der Waals surface area contributed by atoms with Crippen molar-refractivity contribution < 1.29 is 19.5 Å². The van der Waals surface area contributed by atoms with E-state index in [2.05, 4.69) is 10.3 Å². The fourth-order valence-corrected chi connectivity index (χ4v) is 2.42. The number of carbonyl (C=O) groups excluding carboxylic acids is 2. The van der Waals surface area contributed by atoms with Crippen LogP contribution >= 0.6 is 0 Å². The van der Waals surface area contributed by atoms with Gasteiger partial charge in [0.15, 0.2) is 0 Å². The van der Waals surface area contributed by atoms with Crippen molar-refractivity contribution in [2.75, 3.05) is 13.1 Å². The van der Waals surface area contributed by atoms with Crippen LogP contribution in [0.5, 0.6) is 0 Å². The topological polar surface area (TPSA) is 99.6 Å². The molecule has 2 aromatic rings. The Morgan fingerprint density at radius 3 is 2.71 bits per heavy atom. The summed E-state index contributed by atoms with van der Waals surface area (Å²) in [5, 5.41) is 13.4. The van der Waals surface area contributed by atoms with Gasteiger partial charge < -0.3 is 15.3 Å². The molecule has 7 heteroatoms. The van der Waals surface area contributed by atoms with Crippen LogP contribution in [-0.2, 0) is 9.59 Å². The summed E-state index contributed by atoms with van der Waals surface area (Å²) < 4.78 is 0. The van der Waals surface area contributed by atoms with E-state index in [1.807, 2.05) is 6.07 Å². The number of carboxylic acids is 1. The van der Waals surface area contributed by atoms with Crippen LogP contribution in [0.1, 0.15) is 24.2 Å². The van der Waals surface area contributed by atoms with Crippen molar-refractivity contribution in [3.63, 3.8) is 0 Å². The van der Waals surface area contributed by atoms with Gasteiger partial charge in [0.1, 0.15) is 6.04 Å². The summed E-state index contributed by atoms with van der Waals surface area (Å²) in [6.07, 6.45) is 3.23.